The number of hydrogen-bond donors (Lipinski definition) is 0. The Bertz CT molecular complexity index is 806. The average molecular weight is 377 g/mol. The third-order valence-electron chi connectivity index (χ3n) is 6.04. The molecule has 0 aromatic heterocycles. The van der Waals surface area contributed by atoms with Crippen molar-refractivity contribution in [2.24, 2.45) is 5.92 Å². The number of carbonyl (C=O) groups is 2. The molecule has 2 bridgehead atoms. The van der Waals surface area contributed by atoms with Crippen molar-refractivity contribution in [2.75, 3.05) is 19.6 Å². The predicted molar refractivity (Wildman–Crippen MR) is 110 cm³/mol. The standard InChI is InChI=1S/C24H28N2O2/c27-23(13-7-10-19-8-3-1-4-9-19)26-17-20-14-15-22(26)18-25(16-20)24(28)21-11-5-2-6-12-21/h1-6,8-9,11-12,20,22H,7,10,13-18H2/t20-,22+/m0/s1. The predicted octanol–water partition coefficient (Wildman–Crippen LogP) is 3.77. The summed E-state index contributed by atoms with van der Waals surface area (Å²) in [6.07, 6.45) is 4.52. The van der Waals surface area contributed by atoms with Crippen LogP contribution in [0.1, 0.15) is 41.6 Å². The van der Waals surface area contributed by atoms with Crippen LogP contribution in [0.3, 0.4) is 0 Å². The second-order valence-corrected chi connectivity index (χ2v) is 8.06. The van der Waals surface area contributed by atoms with Gasteiger partial charge in [0, 0.05) is 37.7 Å². The van der Waals surface area contributed by atoms with E-state index in [1.807, 2.05) is 53.4 Å². The topological polar surface area (TPSA) is 40.6 Å². The Morgan fingerprint density at radius 3 is 2.32 bits per heavy atom. The zero-order chi connectivity index (χ0) is 19.3. The number of nitrogens with zero attached hydrogens (tertiary/aromatic N) is 2. The lowest BCUT2D eigenvalue weighted by molar-refractivity contribution is -0.135. The fraction of sp³-hybridized carbons (Fsp3) is 0.417. The third kappa shape index (κ3) is 4.27. The van der Waals surface area contributed by atoms with Gasteiger partial charge in [0.25, 0.3) is 5.91 Å². The van der Waals surface area contributed by atoms with Crippen LogP contribution in [0, 0.1) is 5.92 Å². The second kappa shape index (κ2) is 8.59. The van der Waals surface area contributed by atoms with E-state index in [1.54, 1.807) is 0 Å². The fourth-order valence-corrected chi connectivity index (χ4v) is 4.55. The van der Waals surface area contributed by atoms with Gasteiger partial charge in [-0.15, -0.1) is 0 Å². The van der Waals surface area contributed by atoms with Crippen molar-refractivity contribution in [2.45, 2.75) is 38.1 Å². The summed E-state index contributed by atoms with van der Waals surface area (Å²) in [5.74, 6) is 0.736. The van der Waals surface area contributed by atoms with E-state index >= 15 is 0 Å². The van der Waals surface area contributed by atoms with Gasteiger partial charge < -0.3 is 9.80 Å². The molecule has 4 heteroatoms. The van der Waals surface area contributed by atoms with Gasteiger partial charge in [0.2, 0.25) is 5.91 Å². The Morgan fingerprint density at radius 1 is 0.857 bits per heavy atom. The number of aryl methyl sites for hydroxylation is 1. The van der Waals surface area contributed by atoms with E-state index in [9.17, 15) is 9.59 Å². The smallest absolute Gasteiger partial charge is 0.253 e. The van der Waals surface area contributed by atoms with Gasteiger partial charge in [-0.05, 0) is 49.3 Å². The summed E-state index contributed by atoms with van der Waals surface area (Å²) < 4.78 is 0. The maximum atomic E-state index is 12.9. The SMILES string of the molecule is O=C(c1ccccc1)N1C[C@@H]2CC[C@H](C1)N(C(=O)CCCc1ccccc1)C2. The zero-order valence-electron chi connectivity index (χ0n) is 16.3. The minimum absolute atomic E-state index is 0.0934. The lowest BCUT2D eigenvalue weighted by Crippen LogP contribution is -2.47. The van der Waals surface area contributed by atoms with Crippen LogP contribution in [-0.4, -0.2) is 47.3 Å². The Balaban J connectivity index is 1.36. The van der Waals surface area contributed by atoms with Crippen molar-refractivity contribution < 1.29 is 9.59 Å². The van der Waals surface area contributed by atoms with Crippen molar-refractivity contribution in [3.05, 3.63) is 71.8 Å². The van der Waals surface area contributed by atoms with Crippen molar-refractivity contribution in [3.63, 3.8) is 0 Å². The van der Waals surface area contributed by atoms with E-state index in [-0.39, 0.29) is 17.9 Å². The number of hydrogen-bond acceptors (Lipinski definition) is 2. The van der Waals surface area contributed by atoms with E-state index in [4.69, 9.17) is 0 Å². The molecule has 2 atom stereocenters. The summed E-state index contributed by atoms with van der Waals surface area (Å²) in [5.41, 5.74) is 2.02. The van der Waals surface area contributed by atoms with E-state index in [1.165, 1.54) is 5.56 Å². The average Bonchev–Trinajstić information content (AvgIpc) is 3.07. The Morgan fingerprint density at radius 2 is 1.57 bits per heavy atom. The van der Waals surface area contributed by atoms with Crippen LogP contribution in [0.4, 0.5) is 0 Å². The van der Waals surface area contributed by atoms with Gasteiger partial charge in [0.1, 0.15) is 0 Å². The number of amides is 2. The quantitative estimate of drug-likeness (QED) is 0.797. The highest BCUT2D eigenvalue weighted by Gasteiger charge is 2.38. The Labute approximate surface area is 167 Å². The highest BCUT2D eigenvalue weighted by Crippen LogP contribution is 2.29. The molecule has 2 amide bonds. The number of piperidine rings is 1. The zero-order valence-corrected chi connectivity index (χ0v) is 16.3. The van der Waals surface area contributed by atoms with Gasteiger partial charge in [-0.25, -0.2) is 0 Å². The molecule has 3 heterocycles. The van der Waals surface area contributed by atoms with Gasteiger partial charge in [-0.3, -0.25) is 9.59 Å². The van der Waals surface area contributed by atoms with Crippen LogP contribution in [-0.2, 0) is 11.2 Å². The van der Waals surface area contributed by atoms with Crippen LogP contribution in [0.25, 0.3) is 0 Å². The van der Waals surface area contributed by atoms with Crippen molar-refractivity contribution >= 4 is 11.8 Å². The number of carbonyl (C=O) groups excluding carboxylic acids is 2. The molecular formula is C24H28N2O2. The van der Waals surface area contributed by atoms with E-state index in [0.717, 1.165) is 44.3 Å². The molecule has 3 fully saturated rings. The maximum Gasteiger partial charge on any atom is 0.253 e. The molecule has 3 aliphatic heterocycles. The molecular weight excluding hydrogens is 348 g/mol. The lowest BCUT2D eigenvalue weighted by atomic mass is 9.94. The van der Waals surface area contributed by atoms with Crippen molar-refractivity contribution in [1.29, 1.82) is 0 Å². The largest absolute Gasteiger partial charge is 0.338 e. The highest BCUT2D eigenvalue weighted by atomic mass is 16.2. The summed E-state index contributed by atoms with van der Waals surface area (Å²) >= 11 is 0. The Kier molecular flexibility index (Phi) is 5.75. The van der Waals surface area contributed by atoms with Crippen LogP contribution < -0.4 is 0 Å². The molecule has 146 valence electrons. The summed E-state index contributed by atoms with van der Waals surface area (Å²) in [5, 5.41) is 0. The summed E-state index contributed by atoms with van der Waals surface area (Å²) in [6.45, 7) is 2.22. The molecule has 0 unspecified atom stereocenters. The van der Waals surface area contributed by atoms with Crippen LogP contribution in [0.5, 0.6) is 0 Å². The number of fused-ring (bicyclic) bond motifs is 4. The second-order valence-electron chi connectivity index (χ2n) is 8.06. The fourth-order valence-electron chi connectivity index (χ4n) is 4.55. The van der Waals surface area contributed by atoms with Crippen molar-refractivity contribution in [3.8, 4) is 0 Å². The normalized spacial score (nSPS) is 21.4. The first kappa shape index (κ1) is 18.7. The van der Waals surface area contributed by atoms with Gasteiger partial charge in [-0.2, -0.15) is 0 Å². The molecule has 0 radical (unpaired) electrons. The van der Waals surface area contributed by atoms with E-state index in [2.05, 4.69) is 17.0 Å². The molecule has 0 spiro atoms. The van der Waals surface area contributed by atoms with Crippen LogP contribution in [0.15, 0.2) is 60.7 Å². The molecule has 5 rings (SSSR count). The van der Waals surface area contributed by atoms with Gasteiger partial charge in [-0.1, -0.05) is 48.5 Å². The first-order valence-corrected chi connectivity index (χ1v) is 10.4. The molecule has 0 saturated carbocycles. The molecule has 4 nitrogen and oxygen atoms in total. The van der Waals surface area contributed by atoms with Crippen LogP contribution >= 0.6 is 0 Å². The van der Waals surface area contributed by atoms with Crippen molar-refractivity contribution in [1.82, 2.24) is 9.80 Å². The molecule has 28 heavy (non-hydrogen) atoms. The third-order valence-corrected chi connectivity index (χ3v) is 6.04. The molecule has 3 aliphatic rings. The van der Waals surface area contributed by atoms with E-state index < -0.39 is 0 Å². The molecule has 0 N–H and O–H groups in total. The molecule has 0 aliphatic carbocycles. The number of benzene rings is 2. The van der Waals surface area contributed by atoms with Gasteiger partial charge in [0.05, 0.1) is 0 Å². The highest BCUT2D eigenvalue weighted by molar-refractivity contribution is 5.94. The summed E-state index contributed by atoms with van der Waals surface area (Å²) in [7, 11) is 0. The first-order chi connectivity index (χ1) is 13.7. The molecule has 2 aromatic carbocycles. The maximum absolute atomic E-state index is 12.9. The molecule has 2 aromatic rings. The monoisotopic (exact) mass is 376 g/mol. The van der Waals surface area contributed by atoms with E-state index in [0.29, 0.717) is 18.9 Å². The van der Waals surface area contributed by atoms with Gasteiger partial charge in [0.15, 0.2) is 0 Å². The van der Waals surface area contributed by atoms with Crippen LogP contribution in [0.2, 0.25) is 0 Å². The molecule has 3 saturated heterocycles. The number of rotatable bonds is 5. The minimum atomic E-state index is 0.0934. The minimum Gasteiger partial charge on any atom is -0.338 e. The van der Waals surface area contributed by atoms with Gasteiger partial charge >= 0.3 is 0 Å². The lowest BCUT2D eigenvalue weighted by Gasteiger charge is -2.36. The summed E-state index contributed by atoms with van der Waals surface area (Å²) in [6, 6.07) is 20.0. The summed E-state index contributed by atoms with van der Waals surface area (Å²) in [4.78, 5) is 29.8. The Hall–Kier alpha value is -2.62. The first-order valence-electron chi connectivity index (χ1n) is 10.4.